The molecule has 7 heteroatoms. The van der Waals surface area contributed by atoms with E-state index in [1.807, 2.05) is 24.3 Å². The molecular weight excluding hydrogens is 287 g/mol. The molecule has 0 atom stereocenters. The van der Waals surface area contributed by atoms with Gasteiger partial charge in [-0.2, -0.15) is 18.2 Å². The van der Waals surface area contributed by atoms with Crippen LogP contribution in [-0.4, -0.2) is 49.0 Å². The first-order chi connectivity index (χ1) is 9.48. The number of rotatable bonds is 3. The van der Waals surface area contributed by atoms with Crippen molar-refractivity contribution in [1.82, 2.24) is 4.90 Å². The van der Waals surface area contributed by atoms with Gasteiger partial charge in [0.1, 0.15) is 0 Å². The van der Waals surface area contributed by atoms with Gasteiger partial charge in [0.25, 0.3) is 0 Å². The Bertz CT molecular complexity index is 487. The average molecular weight is 301 g/mol. The summed E-state index contributed by atoms with van der Waals surface area (Å²) in [7, 11) is 0. The Morgan fingerprint density at radius 2 is 1.70 bits per heavy atom. The fourth-order valence-corrected chi connectivity index (χ4v) is 2.31. The van der Waals surface area contributed by atoms with E-state index in [2.05, 4.69) is 27.3 Å². The number of benzene rings is 1. The maximum absolute atomic E-state index is 12.3. The second-order valence-corrected chi connectivity index (χ2v) is 4.78. The van der Waals surface area contributed by atoms with E-state index in [0.717, 1.165) is 11.4 Å². The molecule has 1 aliphatic heterocycles. The van der Waals surface area contributed by atoms with Gasteiger partial charge in [0.2, 0.25) is 0 Å². The zero-order chi connectivity index (χ0) is 14.6. The van der Waals surface area contributed by atoms with Crippen molar-refractivity contribution in [3.05, 3.63) is 24.3 Å². The van der Waals surface area contributed by atoms with E-state index in [1.54, 1.807) is 0 Å². The van der Waals surface area contributed by atoms with E-state index in [0.29, 0.717) is 26.2 Å². The molecule has 0 aliphatic carbocycles. The Balaban J connectivity index is 1.91. The van der Waals surface area contributed by atoms with Crippen LogP contribution in [0.1, 0.15) is 0 Å². The molecule has 1 fully saturated rings. The van der Waals surface area contributed by atoms with Gasteiger partial charge in [-0.05, 0) is 36.5 Å². The minimum atomic E-state index is -4.12. The molecule has 1 aliphatic rings. The molecule has 0 N–H and O–H groups in total. The van der Waals surface area contributed by atoms with E-state index < -0.39 is 12.7 Å². The van der Waals surface area contributed by atoms with Gasteiger partial charge < -0.3 is 4.90 Å². The van der Waals surface area contributed by atoms with Crippen molar-refractivity contribution < 1.29 is 13.2 Å². The average Bonchev–Trinajstić information content (AvgIpc) is 2.39. The molecule has 20 heavy (non-hydrogen) atoms. The van der Waals surface area contributed by atoms with E-state index in [4.69, 9.17) is 0 Å². The van der Waals surface area contributed by atoms with Gasteiger partial charge in [0.05, 0.1) is 17.4 Å². The molecule has 0 aromatic heterocycles. The van der Waals surface area contributed by atoms with Crippen LogP contribution in [0.3, 0.4) is 0 Å². The van der Waals surface area contributed by atoms with Crippen LogP contribution in [0, 0.1) is 0 Å². The van der Waals surface area contributed by atoms with Crippen LogP contribution < -0.4 is 4.90 Å². The third kappa shape index (κ3) is 4.30. The normalized spacial score (nSPS) is 16.9. The standard InChI is InChI=1S/C13H14F3N3S/c14-13(15,16)9-18-5-7-19(8-6-18)12-3-1-11(2-4-12)17-10-20/h1-4H,5-9H2. The summed E-state index contributed by atoms with van der Waals surface area (Å²) < 4.78 is 36.9. The third-order valence-electron chi connectivity index (χ3n) is 3.16. The predicted molar refractivity (Wildman–Crippen MR) is 75.8 cm³/mol. The Kier molecular flexibility index (Phi) is 4.75. The third-order valence-corrected chi connectivity index (χ3v) is 3.26. The van der Waals surface area contributed by atoms with E-state index in [-0.39, 0.29) is 0 Å². The number of anilines is 1. The summed E-state index contributed by atoms with van der Waals surface area (Å²) in [6.45, 7) is 1.18. The van der Waals surface area contributed by atoms with Crippen LogP contribution in [0.2, 0.25) is 0 Å². The summed E-state index contributed by atoms with van der Waals surface area (Å²) in [5, 5.41) is 2.29. The summed E-state index contributed by atoms with van der Waals surface area (Å²) in [5.74, 6) is 0. The topological polar surface area (TPSA) is 18.8 Å². The second kappa shape index (κ2) is 6.35. The summed E-state index contributed by atoms with van der Waals surface area (Å²) in [6.07, 6.45) is -4.12. The first-order valence-electron chi connectivity index (χ1n) is 6.20. The second-order valence-electron chi connectivity index (χ2n) is 4.60. The molecule has 0 spiro atoms. The van der Waals surface area contributed by atoms with Crippen molar-refractivity contribution in [3.8, 4) is 0 Å². The minimum Gasteiger partial charge on any atom is -0.369 e. The molecule has 2 rings (SSSR count). The van der Waals surface area contributed by atoms with Gasteiger partial charge in [0.15, 0.2) is 0 Å². The van der Waals surface area contributed by atoms with Crippen molar-refractivity contribution in [2.45, 2.75) is 6.18 Å². The molecule has 0 unspecified atom stereocenters. The number of nitrogens with zero attached hydrogens (tertiary/aromatic N) is 3. The zero-order valence-corrected chi connectivity index (χ0v) is 11.5. The molecule has 0 radical (unpaired) electrons. The van der Waals surface area contributed by atoms with E-state index >= 15 is 0 Å². The molecule has 0 bridgehead atoms. The van der Waals surface area contributed by atoms with Crippen LogP contribution in [0.5, 0.6) is 0 Å². The molecule has 1 aromatic carbocycles. The van der Waals surface area contributed by atoms with Gasteiger partial charge in [-0.3, -0.25) is 4.90 Å². The highest BCUT2D eigenvalue weighted by Gasteiger charge is 2.32. The van der Waals surface area contributed by atoms with Crippen LogP contribution in [0.4, 0.5) is 24.5 Å². The Labute approximate surface area is 120 Å². The zero-order valence-electron chi connectivity index (χ0n) is 10.7. The maximum Gasteiger partial charge on any atom is 0.401 e. The fraction of sp³-hybridized carbons (Fsp3) is 0.462. The number of piperazine rings is 1. The summed E-state index contributed by atoms with van der Waals surface area (Å²) in [5.41, 5.74) is 1.71. The molecule has 0 amide bonds. The van der Waals surface area contributed by atoms with E-state index in [1.165, 1.54) is 4.90 Å². The minimum absolute atomic E-state index is 0.416. The lowest BCUT2D eigenvalue weighted by atomic mass is 10.2. The summed E-state index contributed by atoms with van der Waals surface area (Å²) >= 11 is 4.52. The number of hydrogen-bond donors (Lipinski definition) is 0. The molecule has 0 saturated carbocycles. The predicted octanol–water partition coefficient (Wildman–Crippen LogP) is 3.11. The number of halogens is 3. The molecule has 1 aromatic rings. The Hall–Kier alpha value is -1.43. The number of hydrogen-bond acceptors (Lipinski definition) is 4. The van der Waals surface area contributed by atoms with Crippen molar-refractivity contribution in [3.63, 3.8) is 0 Å². The molecule has 1 heterocycles. The van der Waals surface area contributed by atoms with Crippen molar-refractivity contribution in [1.29, 1.82) is 0 Å². The number of alkyl halides is 3. The molecule has 1 saturated heterocycles. The highest BCUT2D eigenvalue weighted by molar-refractivity contribution is 7.78. The highest BCUT2D eigenvalue weighted by Crippen LogP contribution is 2.22. The van der Waals surface area contributed by atoms with Crippen LogP contribution >= 0.6 is 12.2 Å². The van der Waals surface area contributed by atoms with Crippen LogP contribution in [0.25, 0.3) is 0 Å². The maximum atomic E-state index is 12.3. The fourth-order valence-electron chi connectivity index (χ4n) is 2.21. The number of isothiocyanates is 1. The SMILES string of the molecule is FC(F)(F)CN1CCN(c2ccc(N=C=S)cc2)CC1. The summed E-state index contributed by atoms with van der Waals surface area (Å²) in [6, 6.07) is 7.42. The lowest BCUT2D eigenvalue weighted by Crippen LogP contribution is -2.49. The lowest BCUT2D eigenvalue weighted by Gasteiger charge is -2.36. The Morgan fingerprint density at radius 1 is 1.10 bits per heavy atom. The largest absolute Gasteiger partial charge is 0.401 e. The Morgan fingerprint density at radius 3 is 2.20 bits per heavy atom. The van der Waals surface area contributed by atoms with Crippen molar-refractivity contribution in [2.24, 2.45) is 4.99 Å². The van der Waals surface area contributed by atoms with Gasteiger partial charge in [0, 0.05) is 31.9 Å². The van der Waals surface area contributed by atoms with Gasteiger partial charge in [-0.25, -0.2) is 0 Å². The first-order valence-corrected chi connectivity index (χ1v) is 6.61. The molecule has 3 nitrogen and oxygen atoms in total. The monoisotopic (exact) mass is 301 g/mol. The smallest absolute Gasteiger partial charge is 0.369 e. The van der Waals surface area contributed by atoms with Gasteiger partial charge >= 0.3 is 6.18 Å². The first kappa shape index (κ1) is 15.0. The quantitative estimate of drug-likeness (QED) is 0.631. The van der Waals surface area contributed by atoms with Gasteiger partial charge in [-0.15, -0.1) is 0 Å². The van der Waals surface area contributed by atoms with Crippen LogP contribution in [0.15, 0.2) is 29.3 Å². The van der Waals surface area contributed by atoms with Crippen LogP contribution in [-0.2, 0) is 0 Å². The van der Waals surface area contributed by atoms with E-state index in [9.17, 15) is 13.2 Å². The lowest BCUT2D eigenvalue weighted by molar-refractivity contribution is -0.146. The van der Waals surface area contributed by atoms with Crippen molar-refractivity contribution >= 4 is 28.8 Å². The molecule has 108 valence electrons. The number of thiocarbonyl (C=S) groups is 1. The molecular formula is C13H14F3N3S. The highest BCUT2D eigenvalue weighted by atomic mass is 32.1. The summed E-state index contributed by atoms with van der Waals surface area (Å²) in [4.78, 5) is 7.36. The van der Waals surface area contributed by atoms with Gasteiger partial charge in [-0.1, -0.05) is 0 Å². The number of aliphatic imine (C=N–C) groups is 1. The van der Waals surface area contributed by atoms with Crippen molar-refractivity contribution in [2.75, 3.05) is 37.6 Å².